The summed E-state index contributed by atoms with van der Waals surface area (Å²) in [6.07, 6.45) is 1.85. The first kappa shape index (κ1) is 15.0. The van der Waals surface area contributed by atoms with Gasteiger partial charge >= 0.3 is 0 Å². The maximum atomic E-state index is 5.16. The average Bonchev–Trinajstić information content (AvgIpc) is 2.88. The zero-order valence-corrected chi connectivity index (χ0v) is 13.5. The van der Waals surface area contributed by atoms with E-state index < -0.39 is 0 Å². The minimum absolute atomic E-state index is 0.839. The molecule has 0 amide bonds. The van der Waals surface area contributed by atoms with E-state index in [2.05, 4.69) is 10.1 Å². The Kier molecular flexibility index (Phi) is 4.24. The zero-order chi connectivity index (χ0) is 16.2. The second-order valence-electron chi connectivity index (χ2n) is 5.30. The molecule has 0 spiro atoms. The van der Waals surface area contributed by atoms with Gasteiger partial charge in [0.15, 0.2) is 0 Å². The van der Waals surface area contributed by atoms with Crippen LogP contribution < -0.4 is 4.74 Å². The van der Waals surface area contributed by atoms with E-state index in [1.165, 1.54) is 0 Å². The maximum Gasteiger partial charge on any atom is 0.118 e. The Labute approximate surface area is 136 Å². The highest BCUT2D eigenvalue weighted by molar-refractivity contribution is 5.82. The first-order valence-corrected chi connectivity index (χ1v) is 7.49. The number of benzene rings is 2. The van der Waals surface area contributed by atoms with Gasteiger partial charge in [-0.15, -0.1) is 0 Å². The molecule has 0 fully saturated rings. The van der Waals surface area contributed by atoms with Crippen molar-refractivity contribution < 1.29 is 4.74 Å². The maximum absolute atomic E-state index is 5.16. The van der Waals surface area contributed by atoms with E-state index >= 15 is 0 Å². The molecule has 0 aliphatic heterocycles. The number of methoxy groups -OCH3 is 1. The predicted octanol–water partition coefficient (Wildman–Crippen LogP) is 4.25. The number of hydrogen-bond acceptors (Lipinski definition) is 3. The molecule has 116 valence electrons. The first-order valence-electron chi connectivity index (χ1n) is 7.49. The van der Waals surface area contributed by atoms with Crippen LogP contribution in [0.15, 0.2) is 59.6 Å². The van der Waals surface area contributed by atoms with Crippen LogP contribution in [0.2, 0.25) is 0 Å². The summed E-state index contributed by atoms with van der Waals surface area (Å²) in [5.74, 6) is 0.839. The van der Waals surface area contributed by atoms with Gasteiger partial charge in [-0.3, -0.25) is 4.99 Å². The van der Waals surface area contributed by atoms with Gasteiger partial charge in [-0.05, 0) is 55.8 Å². The number of aryl methyl sites for hydroxylation is 1. The fraction of sp³-hybridized carbons (Fsp3) is 0.158. The standard InChI is InChI=1S/C19H19N3O/c1-14-19(20-13-16-9-11-18(23-3)12-10-16)15(2)22(21-14)17-7-5-4-6-8-17/h4-13H,1-3H3. The summed E-state index contributed by atoms with van der Waals surface area (Å²) in [6, 6.07) is 17.9. The van der Waals surface area contributed by atoms with E-state index in [9.17, 15) is 0 Å². The average molecular weight is 305 g/mol. The van der Waals surface area contributed by atoms with E-state index in [0.29, 0.717) is 0 Å². The molecule has 0 N–H and O–H groups in total. The molecule has 0 unspecified atom stereocenters. The van der Waals surface area contributed by atoms with Crippen LogP contribution in [0, 0.1) is 13.8 Å². The van der Waals surface area contributed by atoms with E-state index in [-0.39, 0.29) is 0 Å². The Morgan fingerprint density at radius 3 is 2.35 bits per heavy atom. The lowest BCUT2D eigenvalue weighted by Crippen LogP contribution is -1.98. The predicted molar refractivity (Wildman–Crippen MR) is 93.3 cm³/mol. The van der Waals surface area contributed by atoms with Crippen molar-refractivity contribution in [1.29, 1.82) is 0 Å². The SMILES string of the molecule is COc1ccc(C=Nc2c(C)nn(-c3ccccc3)c2C)cc1. The smallest absolute Gasteiger partial charge is 0.118 e. The second kappa shape index (κ2) is 6.48. The summed E-state index contributed by atoms with van der Waals surface area (Å²) >= 11 is 0. The lowest BCUT2D eigenvalue weighted by atomic mass is 10.2. The lowest BCUT2D eigenvalue weighted by molar-refractivity contribution is 0.415. The number of aliphatic imine (C=N–C) groups is 1. The highest BCUT2D eigenvalue weighted by Crippen LogP contribution is 2.25. The topological polar surface area (TPSA) is 39.4 Å². The van der Waals surface area contributed by atoms with Crippen molar-refractivity contribution in [3.05, 3.63) is 71.5 Å². The molecule has 0 aliphatic carbocycles. The Morgan fingerprint density at radius 1 is 1.00 bits per heavy atom. The molecule has 0 bridgehead atoms. The van der Waals surface area contributed by atoms with Crippen LogP contribution >= 0.6 is 0 Å². The van der Waals surface area contributed by atoms with Gasteiger partial charge in [0.05, 0.1) is 24.2 Å². The fourth-order valence-corrected chi connectivity index (χ4v) is 2.47. The number of nitrogens with zero attached hydrogens (tertiary/aromatic N) is 3. The highest BCUT2D eigenvalue weighted by Gasteiger charge is 2.11. The van der Waals surface area contributed by atoms with Gasteiger partial charge in [0.25, 0.3) is 0 Å². The van der Waals surface area contributed by atoms with Crippen molar-refractivity contribution in [1.82, 2.24) is 9.78 Å². The van der Waals surface area contributed by atoms with E-state index in [1.807, 2.05) is 79.3 Å². The Morgan fingerprint density at radius 2 is 1.70 bits per heavy atom. The molecule has 23 heavy (non-hydrogen) atoms. The van der Waals surface area contributed by atoms with Crippen molar-refractivity contribution in [2.24, 2.45) is 4.99 Å². The second-order valence-corrected chi connectivity index (χ2v) is 5.30. The monoisotopic (exact) mass is 305 g/mol. The van der Waals surface area contributed by atoms with Crippen molar-refractivity contribution in [3.63, 3.8) is 0 Å². The highest BCUT2D eigenvalue weighted by atomic mass is 16.5. The van der Waals surface area contributed by atoms with Crippen LogP contribution in [-0.4, -0.2) is 23.1 Å². The van der Waals surface area contributed by atoms with Crippen molar-refractivity contribution >= 4 is 11.9 Å². The largest absolute Gasteiger partial charge is 0.497 e. The van der Waals surface area contributed by atoms with Gasteiger partial charge in [0.1, 0.15) is 11.4 Å². The molecule has 2 aromatic carbocycles. The van der Waals surface area contributed by atoms with Crippen molar-refractivity contribution in [3.8, 4) is 11.4 Å². The normalized spacial score (nSPS) is 11.1. The third-order valence-electron chi connectivity index (χ3n) is 3.71. The molecule has 4 heteroatoms. The molecule has 1 heterocycles. The molecule has 0 saturated carbocycles. The molecule has 0 atom stereocenters. The van der Waals surface area contributed by atoms with Gasteiger partial charge in [0.2, 0.25) is 0 Å². The van der Waals surface area contributed by atoms with Crippen LogP contribution in [0.3, 0.4) is 0 Å². The number of ether oxygens (including phenoxy) is 1. The minimum atomic E-state index is 0.839. The molecule has 1 aromatic heterocycles. The molecule has 4 nitrogen and oxygen atoms in total. The Hall–Kier alpha value is -2.88. The van der Waals surface area contributed by atoms with Gasteiger partial charge in [0, 0.05) is 6.21 Å². The van der Waals surface area contributed by atoms with Crippen LogP contribution in [0.1, 0.15) is 17.0 Å². The lowest BCUT2D eigenvalue weighted by Gasteiger charge is -2.03. The van der Waals surface area contributed by atoms with E-state index in [4.69, 9.17) is 4.74 Å². The summed E-state index contributed by atoms with van der Waals surface area (Å²) in [5, 5.41) is 4.60. The summed E-state index contributed by atoms with van der Waals surface area (Å²) in [6.45, 7) is 4.01. The third-order valence-corrected chi connectivity index (χ3v) is 3.71. The van der Waals surface area contributed by atoms with Gasteiger partial charge < -0.3 is 4.74 Å². The first-order chi connectivity index (χ1) is 11.2. The van der Waals surface area contributed by atoms with Crippen LogP contribution in [0.5, 0.6) is 5.75 Å². The van der Waals surface area contributed by atoms with E-state index in [1.54, 1.807) is 7.11 Å². The molecular weight excluding hydrogens is 286 g/mol. The van der Waals surface area contributed by atoms with Gasteiger partial charge in [-0.1, -0.05) is 18.2 Å². The number of hydrogen-bond donors (Lipinski definition) is 0. The van der Waals surface area contributed by atoms with Gasteiger partial charge in [-0.25, -0.2) is 4.68 Å². The molecule has 0 aliphatic rings. The number of para-hydroxylation sites is 1. The summed E-state index contributed by atoms with van der Waals surface area (Å²) in [5.41, 5.74) is 4.91. The Balaban J connectivity index is 1.91. The van der Waals surface area contributed by atoms with Crippen LogP contribution in [0.25, 0.3) is 5.69 Å². The number of aromatic nitrogens is 2. The molecule has 3 aromatic rings. The van der Waals surface area contributed by atoms with Crippen molar-refractivity contribution in [2.45, 2.75) is 13.8 Å². The Bertz CT molecular complexity index is 818. The summed E-state index contributed by atoms with van der Waals surface area (Å²) in [4.78, 5) is 4.63. The molecule has 0 radical (unpaired) electrons. The number of rotatable bonds is 4. The van der Waals surface area contributed by atoms with E-state index in [0.717, 1.165) is 34.1 Å². The molecular formula is C19H19N3O. The summed E-state index contributed by atoms with van der Waals surface area (Å²) in [7, 11) is 1.66. The third kappa shape index (κ3) is 3.16. The molecule has 0 saturated heterocycles. The van der Waals surface area contributed by atoms with Crippen molar-refractivity contribution in [2.75, 3.05) is 7.11 Å². The quantitative estimate of drug-likeness (QED) is 0.676. The molecule has 3 rings (SSSR count). The van der Waals surface area contributed by atoms with Crippen LogP contribution in [0.4, 0.5) is 5.69 Å². The van der Waals surface area contributed by atoms with Crippen LogP contribution in [-0.2, 0) is 0 Å². The van der Waals surface area contributed by atoms with Gasteiger partial charge in [-0.2, -0.15) is 5.10 Å². The fourth-order valence-electron chi connectivity index (χ4n) is 2.47. The minimum Gasteiger partial charge on any atom is -0.497 e. The summed E-state index contributed by atoms with van der Waals surface area (Å²) < 4.78 is 7.09. The zero-order valence-electron chi connectivity index (χ0n) is 13.5.